The molecule has 1 aromatic heterocycles. The molecular weight excluding hydrogens is 194 g/mol. The van der Waals surface area contributed by atoms with Crippen LogP contribution in [0, 0.1) is 0 Å². The van der Waals surface area contributed by atoms with Gasteiger partial charge in [0, 0.05) is 18.3 Å². The average molecular weight is 203 g/mol. The second-order valence-electron chi connectivity index (χ2n) is 2.53. The van der Waals surface area contributed by atoms with Crippen molar-refractivity contribution in [1.82, 2.24) is 4.98 Å². The van der Waals surface area contributed by atoms with E-state index in [2.05, 4.69) is 16.3 Å². The fraction of sp³-hybridized carbons (Fsp3) is 0. The molecule has 1 rings (SSSR count). The van der Waals surface area contributed by atoms with Gasteiger partial charge in [0.2, 0.25) is 0 Å². The maximum Gasteiger partial charge on any atom is 0.338 e. The quantitative estimate of drug-likeness (QED) is 0.422. The highest BCUT2D eigenvalue weighted by Crippen LogP contribution is 1.96. The molecule has 0 atom stereocenters. The van der Waals surface area contributed by atoms with Crippen LogP contribution in [-0.2, 0) is 14.3 Å². The first-order valence-electron chi connectivity index (χ1n) is 4.19. The molecule has 76 valence electrons. The van der Waals surface area contributed by atoms with Crippen molar-refractivity contribution in [3.63, 3.8) is 0 Å². The van der Waals surface area contributed by atoms with Crippen LogP contribution in [0.15, 0.2) is 43.1 Å². The maximum absolute atomic E-state index is 11.0. The number of aromatic nitrogens is 1. The SMILES string of the molecule is C=CC(=O)OC(=O)C=Cc1ccccn1. The lowest BCUT2D eigenvalue weighted by molar-refractivity contribution is -0.152. The number of esters is 2. The van der Waals surface area contributed by atoms with Crippen LogP contribution >= 0.6 is 0 Å². The van der Waals surface area contributed by atoms with E-state index in [-0.39, 0.29) is 0 Å². The lowest BCUT2D eigenvalue weighted by atomic mass is 10.3. The lowest BCUT2D eigenvalue weighted by Crippen LogP contribution is -2.06. The van der Waals surface area contributed by atoms with E-state index in [0.717, 1.165) is 12.2 Å². The molecule has 0 amide bonds. The van der Waals surface area contributed by atoms with Crippen LogP contribution < -0.4 is 0 Å². The molecule has 15 heavy (non-hydrogen) atoms. The molecule has 0 saturated carbocycles. The Balaban J connectivity index is 2.55. The number of rotatable bonds is 3. The summed E-state index contributed by atoms with van der Waals surface area (Å²) < 4.78 is 4.31. The number of carbonyl (C=O) groups is 2. The predicted molar refractivity (Wildman–Crippen MR) is 54.6 cm³/mol. The minimum Gasteiger partial charge on any atom is -0.387 e. The van der Waals surface area contributed by atoms with E-state index >= 15 is 0 Å². The Morgan fingerprint density at radius 3 is 2.73 bits per heavy atom. The summed E-state index contributed by atoms with van der Waals surface area (Å²) in [6, 6.07) is 5.27. The number of hydrogen-bond donors (Lipinski definition) is 0. The molecule has 4 nitrogen and oxygen atoms in total. The zero-order chi connectivity index (χ0) is 11.1. The molecule has 0 aliphatic carbocycles. The Kier molecular flexibility index (Phi) is 3.97. The Morgan fingerprint density at radius 2 is 2.13 bits per heavy atom. The van der Waals surface area contributed by atoms with E-state index in [1.165, 1.54) is 6.08 Å². The molecule has 0 saturated heterocycles. The zero-order valence-electron chi connectivity index (χ0n) is 7.92. The van der Waals surface area contributed by atoms with Gasteiger partial charge in [-0.05, 0) is 18.2 Å². The van der Waals surface area contributed by atoms with Crippen LogP contribution in [-0.4, -0.2) is 16.9 Å². The molecule has 0 aromatic carbocycles. The van der Waals surface area contributed by atoms with Crippen LogP contribution in [0.25, 0.3) is 6.08 Å². The molecular formula is C11H9NO3. The van der Waals surface area contributed by atoms with Gasteiger partial charge in [0.25, 0.3) is 0 Å². The van der Waals surface area contributed by atoms with Crippen molar-refractivity contribution in [3.8, 4) is 0 Å². The van der Waals surface area contributed by atoms with Gasteiger partial charge in [-0.25, -0.2) is 9.59 Å². The Bertz CT molecular complexity index is 396. The molecule has 1 heterocycles. The first-order chi connectivity index (χ1) is 7.22. The predicted octanol–water partition coefficient (Wildman–Crippen LogP) is 1.35. The number of nitrogens with zero attached hydrogens (tertiary/aromatic N) is 1. The summed E-state index contributed by atoms with van der Waals surface area (Å²) in [5.41, 5.74) is 0.612. The summed E-state index contributed by atoms with van der Waals surface area (Å²) in [4.78, 5) is 25.6. The Morgan fingerprint density at radius 1 is 1.33 bits per heavy atom. The third-order valence-electron chi connectivity index (χ3n) is 1.45. The van der Waals surface area contributed by atoms with E-state index < -0.39 is 11.9 Å². The second-order valence-corrected chi connectivity index (χ2v) is 2.53. The molecule has 0 N–H and O–H groups in total. The summed E-state index contributed by atoms with van der Waals surface area (Å²) in [7, 11) is 0. The van der Waals surface area contributed by atoms with E-state index in [9.17, 15) is 9.59 Å². The van der Waals surface area contributed by atoms with Crippen molar-refractivity contribution in [3.05, 3.63) is 48.8 Å². The van der Waals surface area contributed by atoms with Gasteiger partial charge in [-0.15, -0.1) is 0 Å². The highest BCUT2D eigenvalue weighted by Gasteiger charge is 2.01. The topological polar surface area (TPSA) is 56.3 Å². The van der Waals surface area contributed by atoms with Gasteiger partial charge in [-0.3, -0.25) is 4.98 Å². The van der Waals surface area contributed by atoms with Crippen LogP contribution in [0.1, 0.15) is 5.69 Å². The zero-order valence-corrected chi connectivity index (χ0v) is 7.92. The van der Waals surface area contributed by atoms with Crippen molar-refractivity contribution in [2.75, 3.05) is 0 Å². The van der Waals surface area contributed by atoms with Crippen LogP contribution in [0.3, 0.4) is 0 Å². The summed E-state index contributed by atoms with van der Waals surface area (Å²) in [5, 5.41) is 0. The minimum atomic E-state index is -0.773. The average Bonchev–Trinajstić information content (AvgIpc) is 2.27. The van der Waals surface area contributed by atoms with E-state index in [0.29, 0.717) is 5.69 Å². The molecule has 0 aliphatic rings. The number of ether oxygens (including phenoxy) is 1. The smallest absolute Gasteiger partial charge is 0.338 e. The summed E-state index contributed by atoms with van der Waals surface area (Å²) in [6.07, 6.45) is 5.11. The van der Waals surface area contributed by atoms with E-state index in [4.69, 9.17) is 0 Å². The van der Waals surface area contributed by atoms with Crippen molar-refractivity contribution in [2.45, 2.75) is 0 Å². The fourth-order valence-electron chi connectivity index (χ4n) is 0.803. The molecule has 0 unspecified atom stereocenters. The largest absolute Gasteiger partial charge is 0.387 e. The van der Waals surface area contributed by atoms with Gasteiger partial charge < -0.3 is 4.74 Å². The van der Waals surface area contributed by atoms with Crippen LogP contribution in [0.2, 0.25) is 0 Å². The number of pyridine rings is 1. The lowest BCUT2D eigenvalue weighted by Gasteiger charge is -1.93. The van der Waals surface area contributed by atoms with Crippen molar-refractivity contribution in [1.29, 1.82) is 0 Å². The third-order valence-corrected chi connectivity index (χ3v) is 1.45. The van der Waals surface area contributed by atoms with Gasteiger partial charge in [0.15, 0.2) is 0 Å². The minimum absolute atomic E-state index is 0.612. The highest BCUT2D eigenvalue weighted by atomic mass is 16.6. The number of carbonyl (C=O) groups excluding carboxylic acids is 2. The van der Waals surface area contributed by atoms with Crippen molar-refractivity contribution in [2.24, 2.45) is 0 Å². The summed E-state index contributed by atoms with van der Waals surface area (Å²) in [5.74, 6) is -1.52. The van der Waals surface area contributed by atoms with E-state index in [1.807, 2.05) is 0 Å². The molecule has 4 heteroatoms. The molecule has 0 aliphatic heterocycles. The molecule has 0 spiro atoms. The Labute approximate surface area is 86.9 Å². The van der Waals surface area contributed by atoms with Crippen LogP contribution in [0.4, 0.5) is 0 Å². The van der Waals surface area contributed by atoms with Gasteiger partial charge in [0.05, 0.1) is 5.69 Å². The van der Waals surface area contributed by atoms with Crippen molar-refractivity contribution < 1.29 is 14.3 Å². The summed E-state index contributed by atoms with van der Waals surface area (Å²) in [6.45, 7) is 3.17. The maximum atomic E-state index is 11.0. The normalized spacial score (nSPS) is 9.87. The van der Waals surface area contributed by atoms with Crippen molar-refractivity contribution >= 4 is 18.0 Å². The first kappa shape index (κ1) is 10.8. The van der Waals surface area contributed by atoms with Gasteiger partial charge in [-0.2, -0.15) is 0 Å². The molecule has 0 bridgehead atoms. The van der Waals surface area contributed by atoms with Gasteiger partial charge in [-0.1, -0.05) is 12.6 Å². The van der Waals surface area contributed by atoms with E-state index in [1.54, 1.807) is 24.4 Å². The molecule has 0 fully saturated rings. The number of hydrogen-bond acceptors (Lipinski definition) is 4. The molecule has 0 radical (unpaired) electrons. The second kappa shape index (κ2) is 5.49. The monoisotopic (exact) mass is 203 g/mol. The van der Waals surface area contributed by atoms with Crippen LogP contribution in [0.5, 0.6) is 0 Å². The molecule has 1 aromatic rings. The standard InChI is InChI=1S/C11H9NO3/c1-2-10(13)15-11(14)7-6-9-5-3-4-8-12-9/h2-8H,1H2. The van der Waals surface area contributed by atoms with Gasteiger partial charge >= 0.3 is 11.9 Å². The Hall–Kier alpha value is -2.23. The highest BCUT2D eigenvalue weighted by molar-refractivity contribution is 5.97. The summed E-state index contributed by atoms with van der Waals surface area (Å²) >= 11 is 0. The first-order valence-corrected chi connectivity index (χ1v) is 4.19. The fourth-order valence-corrected chi connectivity index (χ4v) is 0.803. The van der Waals surface area contributed by atoms with Gasteiger partial charge in [0.1, 0.15) is 0 Å². The third kappa shape index (κ3) is 3.99.